The molecule has 0 aromatic carbocycles. The van der Waals surface area contributed by atoms with Gasteiger partial charge >= 0.3 is 18.9 Å². The van der Waals surface area contributed by atoms with Crippen LogP contribution in [-0.2, 0) is 9.47 Å². The molecule has 3 heteroatoms. The van der Waals surface area contributed by atoms with Crippen LogP contribution in [0.5, 0.6) is 0 Å². The zero-order valence-electron chi connectivity index (χ0n) is 7.64. The van der Waals surface area contributed by atoms with Crippen molar-refractivity contribution in [2.24, 2.45) is 0 Å². The molecule has 0 unspecified atom stereocenters. The number of rotatable bonds is 5. The summed E-state index contributed by atoms with van der Waals surface area (Å²) >= 11 is 0. The molecule has 0 bridgehead atoms. The summed E-state index contributed by atoms with van der Waals surface area (Å²) in [6.45, 7) is 6.98. The molecule has 0 heterocycles. The standard InChI is InChI=1S/C6H14O2.CH3.Li/c1-3-7-5-6-8-4-2;;/h3-6H2,1-2H3;1H3;/q;-1;+1. The summed E-state index contributed by atoms with van der Waals surface area (Å²) in [7, 11) is 0. The molecule has 0 rings (SSSR count). The maximum atomic E-state index is 5.01. The Kier molecular flexibility index (Phi) is 27.4. The van der Waals surface area contributed by atoms with Crippen LogP contribution in [0.1, 0.15) is 13.8 Å². The van der Waals surface area contributed by atoms with Crippen molar-refractivity contribution in [3.8, 4) is 0 Å². The van der Waals surface area contributed by atoms with Gasteiger partial charge in [0.25, 0.3) is 0 Å². The largest absolute Gasteiger partial charge is 1.00 e. The summed E-state index contributed by atoms with van der Waals surface area (Å²) in [5.74, 6) is 0. The Balaban J connectivity index is -0.000000245. The van der Waals surface area contributed by atoms with E-state index in [0.717, 1.165) is 26.4 Å². The second-order valence-corrected chi connectivity index (χ2v) is 1.39. The normalized spacial score (nSPS) is 7.80. The van der Waals surface area contributed by atoms with Gasteiger partial charge in [0, 0.05) is 13.2 Å². The van der Waals surface area contributed by atoms with Crippen LogP contribution in [0.15, 0.2) is 0 Å². The van der Waals surface area contributed by atoms with Crippen LogP contribution in [0.4, 0.5) is 0 Å². The minimum Gasteiger partial charge on any atom is -0.379 e. The van der Waals surface area contributed by atoms with Gasteiger partial charge in [0.2, 0.25) is 0 Å². The van der Waals surface area contributed by atoms with Crippen LogP contribution in [0.2, 0.25) is 0 Å². The molecule has 0 N–H and O–H groups in total. The maximum absolute atomic E-state index is 5.01. The third kappa shape index (κ3) is 15.8. The molecule has 0 aliphatic carbocycles. The molecule has 0 aromatic heterocycles. The maximum Gasteiger partial charge on any atom is 1.00 e. The molecule has 0 aliphatic heterocycles. The van der Waals surface area contributed by atoms with Gasteiger partial charge in [-0.05, 0) is 13.8 Å². The van der Waals surface area contributed by atoms with Crippen molar-refractivity contribution in [3.63, 3.8) is 0 Å². The van der Waals surface area contributed by atoms with Gasteiger partial charge in [-0.15, -0.1) is 0 Å². The Morgan fingerprint density at radius 3 is 1.40 bits per heavy atom. The Morgan fingerprint density at radius 1 is 0.900 bits per heavy atom. The smallest absolute Gasteiger partial charge is 0.379 e. The van der Waals surface area contributed by atoms with Gasteiger partial charge in [-0.3, -0.25) is 0 Å². The molecule has 10 heavy (non-hydrogen) atoms. The van der Waals surface area contributed by atoms with Crippen molar-refractivity contribution in [2.45, 2.75) is 13.8 Å². The molecule has 0 atom stereocenters. The topological polar surface area (TPSA) is 18.5 Å². The predicted octanol–water partition coefficient (Wildman–Crippen LogP) is -1.49. The third-order valence-electron chi connectivity index (χ3n) is 0.780. The first-order chi connectivity index (χ1) is 3.91. The van der Waals surface area contributed by atoms with E-state index in [1.807, 2.05) is 13.8 Å². The summed E-state index contributed by atoms with van der Waals surface area (Å²) in [5.41, 5.74) is 0. The monoisotopic (exact) mass is 140 g/mol. The van der Waals surface area contributed by atoms with Crippen LogP contribution in [0, 0.1) is 7.43 Å². The van der Waals surface area contributed by atoms with E-state index in [9.17, 15) is 0 Å². The van der Waals surface area contributed by atoms with Crippen LogP contribution in [0.3, 0.4) is 0 Å². The van der Waals surface area contributed by atoms with Crippen molar-refractivity contribution in [2.75, 3.05) is 26.4 Å². The SMILES string of the molecule is CCOCCOCC.[CH3-].[Li+]. The van der Waals surface area contributed by atoms with E-state index in [-0.39, 0.29) is 26.3 Å². The number of hydrogen-bond donors (Lipinski definition) is 0. The molecule has 0 amide bonds. The van der Waals surface area contributed by atoms with Gasteiger partial charge in [0.1, 0.15) is 0 Å². The fraction of sp³-hybridized carbons (Fsp3) is 0.857. The second-order valence-electron chi connectivity index (χ2n) is 1.39. The van der Waals surface area contributed by atoms with Gasteiger partial charge < -0.3 is 16.9 Å². The summed E-state index contributed by atoms with van der Waals surface area (Å²) < 4.78 is 10.0. The van der Waals surface area contributed by atoms with Gasteiger partial charge in [-0.1, -0.05) is 0 Å². The predicted molar refractivity (Wildman–Crippen MR) is 39.4 cm³/mol. The third-order valence-corrected chi connectivity index (χ3v) is 0.780. The summed E-state index contributed by atoms with van der Waals surface area (Å²) in [6.07, 6.45) is 0. The van der Waals surface area contributed by atoms with Crippen molar-refractivity contribution in [3.05, 3.63) is 7.43 Å². The van der Waals surface area contributed by atoms with Gasteiger partial charge in [0.15, 0.2) is 0 Å². The molecule has 0 saturated heterocycles. The van der Waals surface area contributed by atoms with Crippen molar-refractivity contribution in [1.29, 1.82) is 0 Å². The fourth-order valence-electron chi connectivity index (χ4n) is 0.407. The van der Waals surface area contributed by atoms with Gasteiger partial charge in [0.05, 0.1) is 13.2 Å². The van der Waals surface area contributed by atoms with E-state index in [1.54, 1.807) is 0 Å². The second kappa shape index (κ2) is 16.3. The molecule has 0 radical (unpaired) electrons. The van der Waals surface area contributed by atoms with E-state index >= 15 is 0 Å². The van der Waals surface area contributed by atoms with Gasteiger partial charge in [-0.25, -0.2) is 0 Å². The molecule has 0 aromatic rings. The van der Waals surface area contributed by atoms with Gasteiger partial charge in [-0.2, -0.15) is 0 Å². The zero-order valence-corrected chi connectivity index (χ0v) is 7.64. The van der Waals surface area contributed by atoms with Crippen molar-refractivity contribution < 1.29 is 28.3 Å². The number of ether oxygens (including phenoxy) is 2. The minimum atomic E-state index is 0. The Bertz CT molecular complexity index is 36.6. The van der Waals surface area contributed by atoms with E-state index in [0.29, 0.717) is 0 Å². The van der Waals surface area contributed by atoms with E-state index in [2.05, 4.69) is 0 Å². The molecular formula is C7H17LiO2. The van der Waals surface area contributed by atoms with E-state index in [4.69, 9.17) is 9.47 Å². The fourth-order valence-corrected chi connectivity index (χ4v) is 0.407. The average Bonchev–Trinajstić information content (AvgIpc) is 1.81. The summed E-state index contributed by atoms with van der Waals surface area (Å²) in [6, 6.07) is 0. The molecule has 0 aliphatic rings. The minimum absolute atomic E-state index is 0. The molecule has 0 fully saturated rings. The Labute approximate surface area is 76.5 Å². The molecule has 0 saturated carbocycles. The molecular weight excluding hydrogens is 123 g/mol. The van der Waals surface area contributed by atoms with Crippen LogP contribution >= 0.6 is 0 Å². The Morgan fingerprint density at radius 2 is 1.20 bits per heavy atom. The van der Waals surface area contributed by atoms with Crippen molar-refractivity contribution in [1.82, 2.24) is 0 Å². The first kappa shape index (κ1) is 16.9. The first-order valence-electron chi connectivity index (χ1n) is 3.07. The van der Waals surface area contributed by atoms with Crippen molar-refractivity contribution >= 4 is 0 Å². The zero-order chi connectivity index (χ0) is 6.24. The van der Waals surface area contributed by atoms with Crippen LogP contribution < -0.4 is 18.9 Å². The summed E-state index contributed by atoms with van der Waals surface area (Å²) in [4.78, 5) is 0. The van der Waals surface area contributed by atoms with E-state index in [1.165, 1.54) is 0 Å². The van der Waals surface area contributed by atoms with Crippen LogP contribution in [0.25, 0.3) is 0 Å². The number of hydrogen-bond acceptors (Lipinski definition) is 2. The first-order valence-corrected chi connectivity index (χ1v) is 3.07. The summed E-state index contributed by atoms with van der Waals surface area (Å²) in [5, 5.41) is 0. The average molecular weight is 140 g/mol. The molecule has 58 valence electrons. The van der Waals surface area contributed by atoms with E-state index < -0.39 is 0 Å². The molecule has 2 nitrogen and oxygen atoms in total. The quantitative estimate of drug-likeness (QED) is 0.263. The molecule has 0 spiro atoms. The Hall–Kier alpha value is 0.517. The van der Waals surface area contributed by atoms with Crippen LogP contribution in [-0.4, -0.2) is 26.4 Å².